The molecule has 4 heteroatoms. The molecule has 1 N–H and O–H groups in total. The van der Waals surface area contributed by atoms with Crippen molar-refractivity contribution in [3.05, 3.63) is 42.0 Å². The Morgan fingerprint density at radius 3 is 2.56 bits per heavy atom. The Hall–Kier alpha value is -2.10. The Balaban J connectivity index is 2.59. The minimum absolute atomic E-state index is 0.251. The molecule has 0 saturated heterocycles. The van der Waals surface area contributed by atoms with Crippen LogP contribution in [0.3, 0.4) is 0 Å². The number of benzene rings is 1. The average molecular weight is 247 g/mol. The van der Waals surface area contributed by atoms with Crippen molar-refractivity contribution in [2.45, 2.75) is 19.4 Å². The quantitative estimate of drug-likeness (QED) is 0.807. The van der Waals surface area contributed by atoms with Gasteiger partial charge in [-0.15, -0.1) is 0 Å². The first-order chi connectivity index (χ1) is 8.63. The number of hydrogen-bond acceptors (Lipinski definition) is 3. The van der Waals surface area contributed by atoms with Crippen molar-refractivity contribution in [3.63, 3.8) is 0 Å². The number of ether oxygens (including phenoxy) is 1. The molecule has 0 aliphatic carbocycles. The summed E-state index contributed by atoms with van der Waals surface area (Å²) in [6, 6.07) is 9.10. The van der Waals surface area contributed by atoms with Crippen LogP contribution in [0.1, 0.15) is 18.9 Å². The molecule has 1 atom stereocenters. The summed E-state index contributed by atoms with van der Waals surface area (Å²) in [4.78, 5) is 22.4. The standard InChI is InChI=1S/C14H17NO3/c1-11(16)15-13(14(17)18-2)10-6-9-12-7-4-3-5-8-12/h3-9,13H,10H2,1-2H3,(H,15,16)/b9-6+/t13-/m0/s1. The van der Waals surface area contributed by atoms with E-state index in [0.29, 0.717) is 6.42 Å². The maximum Gasteiger partial charge on any atom is 0.328 e. The number of hydrogen-bond donors (Lipinski definition) is 1. The molecule has 1 aromatic carbocycles. The first-order valence-electron chi connectivity index (χ1n) is 5.70. The summed E-state index contributed by atoms with van der Waals surface area (Å²) in [7, 11) is 1.30. The van der Waals surface area contributed by atoms with Gasteiger partial charge in [-0.3, -0.25) is 4.79 Å². The molecule has 0 aliphatic rings. The molecule has 1 aromatic rings. The van der Waals surface area contributed by atoms with Gasteiger partial charge in [0.15, 0.2) is 0 Å². The van der Waals surface area contributed by atoms with Crippen molar-refractivity contribution in [1.82, 2.24) is 5.32 Å². The van der Waals surface area contributed by atoms with Crippen LogP contribution in [0.25, 0.3) is 6.08 Å². The molecule has 0 aromatic heterocycles. The van der Waals surface area contributed by atoms with E-state index in [2.05, 4.69) is 10.1 Å². The zero-order chi connectivity index (χ0) is 13.4. The van der Waals surface area contributed by atoms with E-state index in [9.17, 15) is 9.59 Å². The Morgan fingerprint density at radius 2 is 2.00 bits per heavy atom. The van der Waals surface area contributed by atoms with E-state index in [0.717, 1.165) is 5.56 Å². The fourth-order valence-electron chi connectivity index (χ4n) is 1.51. The van der Waals surface area contributed by atoms with E-state index >= 15 is 0 Å². The molecule has 0 saturated carbocycles. The minimum Gasteiger partial charge on any atom is -0.467 e. The monoisotopic (exact) mass is 247 g/mol. The van der Waals surface area contributed by atoms with E-state index in [4.69, 9.17) is 0 Å². The van der Waals surface area contributed by atoms with Gasteiger partial charge in [0.25, 0.3) is 0 Å². The summed E-state index contributed by atoms with van der Waals surface area (Å²) in [6.07, 6.45) is 4.14. The number of esters is 1. The molecule has 0 radical (unpaired) electrons. The molecule has 1 rings (SSSR count). The highest BCUT2D eigenvalue weighted by Gasteiger charge is 2.17. The molecule has 0 fully saturated rings. The number of methoxy groups -OCH3 is 1. The van der Waals surface area contributed by atoms with Crippen molar-refractivity contribution in [2.24, 2.45) is 0 Å². The average Bonchev–Trinajstić information content (AvgIpc) is 2.37. The summed E-state index contributed by atoms with van der Waals surface area (Å²) in [5.74, 6) is -0.693. The van der Waals surface area contributed by atoms with Crippen molar-refractivity contribution >= 4 is 18.0 Å². The Bertz CT molecular complexity index is 426. The van der Waals surface area contributed by atoms with E-state index in [1.165, 1.54) is 14.0 Å². The molecular formula is C14H17NO3. The predicted molar refractivity (Wildman–Crippen MR) is 69.7 cm³/mol. The molecule has 0 spiro atoms. The van der Waals surface area contributed by atoms with Crippen LogP contribution in [0, 0.1) is 0 Å². The normalized spacial score (nSPS) is 12.1. The van der Waals surface area contributed by atoms with Gasteiger partial charge in [-0.05, 0) is 12.0 Å². The Labute approximate surface area is 107 Å². The van der Waals surface area contributed by atoms with Gasteiger partial charge in [-0.25, -0.2) is 4.79 Å². The van der Waals surface area contributed by atoms with Crippen LogP contribution in [0.4, 0.5) is 0 Å². The van der Waals surface area contributed by atoms with Gasteiger partial charge in [0.1, 0.15) is 6.04 Å². The largest absolute Gasteiger partial charge is 0.467 e. The molecule has 0 unspecified atom stereocenters. The van der Waals surface area contributed by atoms with Crippen LogP contribution in [0.5, 0.6) is 0 Å². The molecule has 4 nitrogen and oxygen atoms in total. The summed E-state index contributed by atoms with van der Waals surface area (Å²) in [6.45, 7) is 1.37. The van der Waals surface area contributed by atoms with Gasteiger partial charge in [-0.1, -0.05) is 42.5 Å². The van der Waals surface area contributed by atoms with E-state index in [1.54, 1.807) is 0 Å². The lowest BCUT2D eigenvalue weighted by atomic mass is 10.1. The predicted octanol–water partition coefficient (Wildman–Crippen LogP) is 1.77. The lowest BCUT2D eigenvalue weighted by Crippen LogP contribution is -2.39. The summed E-state index contributed by atoms with van der Waals surface area (Å²) in [5.41, 5.74) is 1.05. The number of rotatable bonds is 5. The molecule has 1 amide bonds. The van der Waals surface area contributed by atoms with Crippen LogP contribution in [-0.4, -0.2) is 25.0 Å². The highest BCUT2D eigenvalue weighted by Crippen LogP contribution is 2.04. The fraction of sp³-hybridized carbons (Fsp3) is 0.286. The van der Waals surface area contributed by atoms with E-state index < -0.39 is 12.0 Å². The van der Waals surface area contributed by atoms with Crippen LogP contribution < -0.4 is 5.32 Å². The van der Waals surface area contributed by atoms with Crippen LogP contribution in [0.15, 0.2) is 36.4 Å². The second-order valence-electron chi connectivity index (χ2n) is 3.83. The molecule has 0 aliphatic heterocycles. The second kappa shape index (κ2) is 7.27. The van der Waals surface area contributed by atoms with E-state index in [-0.39, 0.29) is 5.91 Å². The summed E-state index contributed by atoms with van der Waals surface area (Å²) in [5, 5.41) is 2.55. The molecule has 18 heavy (non-hydrogen) atoms. The summed E-state index contributed by atoms with van der Waals surface area (Å²) >= 11 is 0. The number of carbonyl (C=O) groups excluding carboxylic acids is 2. The van der Waals surface area contributed by atoms with Crippen LogP contribution in [0.2, 0.25) is 0 Å². The molecular weight excluding hydrogens is 230 g/mol. The number of nitrogens with one attached hydrogen (secondary N) is 1. The maximum absolute atomic E-state index is 11.4. The smallest absolute Gasteiger partial charge is 0.328 e. The van der Waals surface area contributed by atoms with Gasteiger partial charge >= 0.3 is 5.97 Å². The third-order valence-corrected chi connectivity index (χ3v) is 2.34. The van der Waals surface area contributed by atoms with Crippen LogP contribution >= 0.6 is 0 Å². The first-order valence-corrected chi connectivity index (χ1v) is 5.70. The van der Waals surface area contributed by atoms with Gasteiger partial charge in [-0.2, -0.15) is 0 Å². The van der Waals surface area contributed by atoms with Crippen molar-refractivity contribution in [1.29, 1.82) is 0 Å². The van der Waals surface area contributed by atoms with Gasteiger partial charge in [0, 0.05) is 6.92 Å². The van der Waals surface area contributed by atoms with Crippen molar-refractivity contribution in [3.8, 4) is 0 Å². The summed E-state index contributed by atoms with van der Waals surface area (Å²) < 4.78 is 4.63. The first kappa shape index (κ1) is 14.0. The third kappa shape index (κ3) is 4.82. The Kier molecular flexibility index (Phi) is 5.64. The molecule has 96 valence electrons. The SMILES string of the molecule is COC(=O)[C@H](C/C=C/c1ccccc1)NC(C)=O. The van der Waals surface area contributed by atoms with Crippen LogP contribution in [-0.2, 0) is 14.3 Å². The molecule has 0 heterocycles. The van der Waals surface area contributed by atoms with Crippen molar-refractivity contribution in [2.75, 3.05) is 7.11 Å². The molecule has 0 bridgehead atoms. The maximum atomic E-state index is 11.4. The third-order valence-electron chi connectivity index (χ3n) is 2.34. The van der Waals surface area contributed by atoms with Crippen molar-refractivity contribution < 1.29 is 14.3 Å². The zero-order valence-electron chi connectivity index (χ0n) is 10.6. The number of carbonyl (C=O) groups is 2. The minimum atomic E-state index is -0.632. The lowest BCUT2D eigenvalue weighted by molar-refractivity contribution is -0.144. The van der Waals surface area contributed by atoms with Gasteiger partial charge in [0.05, 0.1) is 7.11 Å². The zero-order valence-corrected chi connectivity index (χ0v) is 10.6. The van der Waals surface area contributed by atoms with Gasteiger partial charge in [0.2, 0.25) is 5.91 Å². The van der Waals surface area contributed by atoms with Gasteiger partial charge < -0.3 is 10.1 Å². The highest BCUT2D eigenvalue weighted by molar-refractivity contribution is 5.83. The fourth-order valence-corrected chi connectivity index (χ4v) is 1.51. The topological polar surface area (TPSA) is 55.4 Å². The highest BCUT2D eigenvalue weighted by atomic mass is 16.5. The lowest BCUT2D eigenvalue weighted by Gasteiger charge is -2.12. The Morgan fingerprint density at radius 1 is 1.33 bits per heavy atom. The second-order valence-corrected chi connectivity index (χ2v) is 3.83. The van der Waals surface area contributed by atoms with E-state index in [1.807, 2.05) is 42.5 Å². The number of amides is 1.